The zero-order chi connectivity index (χ0) is 16.9. The Hall–Kier alpha value is -1.65. The molecule has 0 spiro atoms. The molecule has 116 valence electrons. The Morgan fingerprint density at radius 3 is 2.55 bits per heavy atom. The molecular formula is C15H14BrF2N3S. The molecule has 0 atom stereocenters. The molecule has 3 nitrogen and oxygen atoms in total. The van der Waals surface area contributed by atoms with Crippen LogP contribution in [0.4, 0.5) is 14.5 Å². The van der Waals surface area contributed by atoms with Gasteiger partial charge in [-0.2, -0.15) is 5.26 Å². The van der Waals surface area contributed by atoms with Crippen molar-refractivity contribution < 1.29 is 8.78 Å². The smallest absolute Gasteiger partial charge is 0.183 e. The van der Waals surface area contributed by atoms with E-state index in [9.17, 15) is 8.78 Å². The first-order chi connectivity index (χ1) is 10.5. The number of pyridine rings is 1. The van der Waals surface area contributed by atoms with Gasteiger partial charge in [0.2, 0.25) is 0 Å². The van der Waals surface area contributed by atoms with Gasteiger partial charge in [0.1, 0.15) is 11.8 Å². The molecule has 0 saturated carbocycles. The van der Waals surface area contributed by atoms with Gasteiger partial charge in [0.15, 0.2) is 11.6 Å². The van der Waals surface area contributed by atoms with Crippen LogP contribution < -0.4 is 5.73 Å². The summed E-state index contributed by atoms with van der Waals surface area (Å²) in [5.74, 6) is -2.08. The third-order valence-corrected chi connectivity index (χ3v) is 4.96. The minimum atomic E-state index is -1.07. The molecule has 0 saturated heterocycles. The van der Waals surface area contributed by atoms with Crippen molar-refractivity contribution >= 4 is 33.4 Å². The van der Waals surface area contributed by atoms with Crippen LogP contribution in [-0.2, 0) is 0 Å². The number of anilines is 1. The van der Waals surface area contributed by atoms with Crippen molar-refractivity contribution in [2.45, 2.75) is 30.6 Å². The maximum absolute atomic E-state index is 14.0. The quantitative estimate of drug-likeness (QED) is 0.579. The van der Waals surface area contributed by atoms with Crippen molar-refractivity contribution in [2.75, 3.05) is 5.73 Å². The summed E-state index contributed by atoms with van der Waals surface area (Å²) in [5, 5.41) is 8.78. The second kappa shape index (κ2) is 8.11. The monoisotopic (exact) mass is 385 g/mol. The summed E-state index contributed by atoms with van der Waals surface area (Å²) in [4.78, 5) is 4.49. The molecule has 22 heavy (non-hydrogen) atoms. The number of hydrogen-bond acceptors (Lipinski definition) is 4. The topological polar surface area (TPSA) is 62.7 Å². The standard InChI is InChI=1S/C13H8BrF2N3S.C2H6/c1-6-9(14)13(11(16)10(15)12(6)18)20-8-2-3-19-7(4-8)5-17;1-2/h2-4H,18H2,1H3;1-2H3. The summed E-state index contributed by atoms with van der Waals surface area (Å²) < 4.78 is 28.1. The molecule has 0 fully saturated rings. The van der Waals surface area contributed by atoms with Crippen LogP contribution in [0, 0.1) is 29.9 Å². The first-order valence-electron chi connectivity index (χ1n) is 6.42. The molecule has 1 heterocycles. The predicted molar refractivity (Wildman–Crippen MR) is 87.6 cm³/mol. The highest BCUT2D eigenvalue weighted by Crippen LogP contribution is 2.40. The largest absolute Gasteiger partial charge is 0.396 e. The van der Waals surface area contributed by atoms with E-state index in [1.807, 2.05) is 19.9 Å². The maximum atomic E-state index is 14.0. The van der Waals surface area contributed by atoms with Crippen LogP contribution in [0.15, 0.2) is 32.6 Å². The number of rotatable bonds is 2. The van der Waals surface area contributed by atoms with E-state index in [2.05, 4.69) is 20.9 Å². The zero-order valence-electron chi connectivity index (χ0n) is 12.2. The van der Waals surface area contributed by atoms with E-state index >= 15 is 0 Å². The molecule has 2 aromatic rings. The lowest BCUT2D eigenvalue weighted by molar-refractivity contribution is 0.492. The van der Waals surface area contributed by atoms with E-state index in [0.29, 0.717) is 14.9 Å². The van der Waals surface area contributed by atoms with E-state index in [-0.39, 0.29) is 16.3 Å². The summed E-state index contributed by atoms with van der Waals surface area (Å²) in [6.07, 6.45) is 1.44. The van der Waals surface area contributed by atoms with Gasteiger partial charge >= 0.3 is 0 Å². The Labute approximate surface area is 140 Å². The number of hydrogen-bond donors (Lipinski definition) is 1. The Bertz CT molecular complexity index is 700. The SMILES string of the molecule is CC.Cc1c(N)c(F)c(F)c(Sc2ccnc(C#N)c2)c1Br. The highest BCUT2D eigenvalue weighted by atomic mass is 79.9. The summed E-state index contributed by atoms with van der Waals surface area (Å²) in [6.45, 7) is 5.60. The van der Waals surface area contributed by atoms with Crippen molar-refractivity contribution in [2.24, 2.45) is 0 Å². The molecule has 0 bridgehead atoms. The molecule has 1 aromatic heterocycles. The van der Waals surface area contributed by atoms with E-state index in [1.165, 1.54) is 12.3 Å². The molecule has 0 unspecified atom stereocenters. The first kappa shape index (κ1) is 18.4. The van der Waals surface area contributed by atoms with Gasteiger partial charge in [0.05, 0.1) is 10.6 Å². The number of nitrogens with two attached hydrogens (primary N) is 1. The lowest BCUT2D eigenvalue weighted by Gasteiger charge is -2.12. The Kier molecular flexibility index (Phi) is 6.78. The lowest BCUT2D eigenvalue weighted by atomic mass is 10.2. The molecule has 1 aromatic carbocycles. The molecule has 0 radical (unpaired) electrons. The van der Waals surface area contributed by atoms with Crippen LogP contribution in [0.5, 0.6) is 0 Å². The van der Waals surface area contributed by atoms with E-state index in [1.54, 1.807) is 13.0 Å². The van der Waals surface area contributed by atoms with Crippen LogP contribution in [0.1, 0.15) is 25.1 Å². The fourth-order valence-corrected chi connectivity index (χ4v) is 3.10. The van der Waals surface area contributed by atoms with Gasteiger partial charge in [-0.1, -0.05) is 25.6 Å². The van der Waals surface area contributed by atoms with Crippen LogP contribution >= 0.6 is 27.7 Å². The molecule has 2 N–H and O–H groups in total. The minimum absolute atomic E-state index is 0.0873. The maximum Gasteiger partial charge on any atom is 0.183 e. The molecular weight excluding hydrogens is 372 g/mol. The number of aromatic nitrogens is 1. The van der Waals surface area contributed by atoms with Crippen LogP contribution in [-0.4, -0.2) is 4.98 Å². The zero-order valence-corrected chi connectivity index (χ0v) is 14.6. The van der Waals surface area contributed by atoms with Gasteiger partial charge in [-0.3, -0.25) is 0 Å². The molecule has 2 rings (SSSR count). The second-order valence-corrected chi connectivity index (χ2v) is 5.78. The Balaban J connectivity index is 0.00000116. The normalized spacial score (nSPS) is 9.68. The highest BCUT2D eigenvalue weighted by molar-refractivity contribution is 9.10. The second-order valence-electron chi connectivity index (χ2n) is 3.90. The summed E-state index contributed by atoms with van der Waals surface area (Å²) in [5.41, 5.74) is 5.91. The van der Waals surface area contributed by atoms with Gasteiger partial charge in [-0.15, -0.1) is 0 Å². The summed E-state index contributed by atoms with van der Waals surface area (Å²) >= 11 is 4.22. The molecule has 0 aliphatic rings. The van der Waals surface area contributed by atoms with Gasteiger partial charge < -0.3 is 5.73 Å². The number of nitrogens with zero attached hydrogens (tertiary/aromatic N) is 2. The van der Waals surface area contributed by atoms with E-state index < -0.39 is 11.6 Å². The van der Waals surface area contributed by atoms with Gasteiger partial charge in [0.25, 0.3) is 0 Å². The van der Waals surface area contributed by atoms with Crippen LogP contribution in [0.3, 0.4) is 0 Å². The molecule has 0 amide bonds. The average molecular weight is 386 g/mol. The average Bonchev–Trinajstić information content (AvgIpc) is 2.57. The Morgan fingerprint density at radius 1 is 1.32 bits per heavy atom. The number of benzene rings is 1. The molecule has 0 aliphatic heterocycles. The van der Waals surface area contributed by atoms with Crippen molar-refractivity contribution in [3.05, 3.63) is 45.7 Å². The van der Waals surface area contributed by atoms with Crippen molar-refractivity contribution in [1.82, 2.24) is 4.98 Å². The van der Waals surface area contributed by atoms with Gasteiger partial charge in [-0.05, 0) is 40.5 Å². The van der Waals surface area contributed by atoms with Gasteiger partial charge in [0, 0.05) is 15.6 Å². The van der Waals surface area contributed by atoms with Crippen molar-refractivity contribution in [1.29, 1.82) is 5.26 Å². The van der Waals surface area contributed by atoms with Crippen molar-refractivity contribution in [3.8, 4) is 6.07 Å². The van der Waals surface area contributed by atoms with Crippen LogP contribution in [0.2, 0.25) is 0 Å². The number of halogens is 3. The minimum Gasteiger partial charge on any atom is -0.396 e. The van der Waals surface area contributed by atoms with E-state index in [0.717, 1.165) is 11.8 Å². The Morgan fingerprint density at radius 2 is 1.95 bits per heavy atom. The molecule has 7 heteroatoms. The van der Waals surface area contributed by atoms with Crippen LogP contribution in [0.25, 0.3) is 0 Å². The van der Waals surface area contributed by atoms with Gasteiger partial charge in [-0.25, -0.2) is 13.8 Å². The number of nitriles is 1. The predicted octanol–water partition coefficient (Wildman–Crippen LogP) is 5.06. The molecule has 0 aliphatic carbocycles. The summed E-state index contributed by atoms with van der Waals surface area (Å²) in [6, 6.07) is 5.00. The van der Waals surface area contributed by atoms with Crippen molar-refractivity contribution in [3.63, 3.8) is 0 Å². The van der Waals surface area contributed by atoms with E-state index in [4.69, 9.17) is 11.0 Å². The lowest BCUT2D eigenvalue weighted by Crippen LogP contribution is -2.01. The number of nitrogen functional groups attached to an aromatic ring is 1. The summed E-state index contributed by atoms with van der Waals surface area (Å²) in [7, 11) is 0. The third-order valence-electron chi connectivity index (χ3n) is 2.63. The fraction of sp³-hybridized carbons (Fsp3) is 0.200. The highest BCUT2D eigenvalue weighted by Gasteiger charge is 2.20. The third kappa shape index (κ3) is 3.76. The first-order valence-corrected chi connectivity index (χ1v) is 8.03. The fourth-order valence-electron chi connectivity index (χ4n) is 1.51.